The van der Waals surface area contributed by atoms with E-state index in [1.165, 1.54) is 31.2 Å². The number of hydrogen-bond acceptors (Lipinski definition) is 3. The van der Waals surface area contributed by atoms with Gasteiger partial charge in [-0.2, -0.15) is 8.78 Å². The lowest BCUT2D eigenvalue weighted by atomic mass is 10.2. The summed E-state index contributed by atoms with van der Waals surface area (Å²) >= 11 is 0. The molecule has 0 unspecified atom stereocenters. The molecule has 0 aliphatic rings. The maximum atomic E-state index is 12.1. The van der Waals surface area contributed by atoms with Crippen LogP contribution in [0.2, 0.25) is 0 Å². The van der Waals surface area contributed by atoms with Crippen molar-refractivity contribution in [1.82, 2.24) is 0 Å². The number of carbonyl (C=O) groups excluding carboxylic acids is 2. The highest BCUT2D eigenvalue weighted by Crippen LogP contribution is 2.18. The minimum atomic E-state index is -2.89. The van der Waals surface area contributed by atoms with Crippen LogP contribution in [0.15, 0.2) is 48.5 Å². The van der Waals surface area contributed by atoms with Gasteiger partial charge in [-0.25, -0.2) is 0 Å². The van der Waals surface area contributed by atoms with Gasteiger partial charge in [-0.05, 0) is 48.5 Å². The minimum Gasteiger partial charge on any atom is -0.435 e. The number of ether oxygens (including phenoxy) is 1. The van der Waals surface area contributed by atoms with Gasteiger partial charge in [0.1, 0.15) is 5.75 Å². The predicted molar refractivity (Wildman–Crippen MR) is 81.8 cm³/mol. The van der Waals surface area contributed by atoms with Crippen molar-refractivity contribution in [2.24, 2.45) is 0 Å². The number of nitrogens with one attached hydrogen (secondary N) is 2. The first-order chi connectivity index (χ1) is 10.9. The van der Waals surface area contributed by atoms with Crippen LogP contribution in [0.5, 0.6) is 5.75 Å². The van der Waals surface area contributed by atoms with Crippen molar-refractivity contribution < 1.29 is 23.1 Å². The van der Waals surface area contributed by atoms with Gasteiger partial charge in [0.15, 0.2) is 0 Å². The molecule has 0 fully saturated rings. The van der Waals surface area contributed by atoms with Crippen LogP contribution in [-0.2, 0) is 4.79 Å². The number of amides is 2. The van der Waals surface area contributed by atoms with Crippen LogP contribution >= 0.6 is 0 Å². The number of rotatable bonds is 5. The highest BCUT2D eigenvalue weighted by atomic mass is 19.3. The summed E-state index contributed by atoms with van der Waals surface area (Å²) in [5.41, 5.74) is 1.43. The Morgan fingerprint density at radius 2 is 1.43 bits per heavy atom. The Morgan fingerprint density at radius 3 is 1.96 bits per heavy atom. The Bertz CT molecular complexity index is 685. The number of hydrogen-bond donors (Lipinski definition) is 2. The number of carbonyl (C=O) groups is 2. The second-order valence-electron chi connectivity index (χ2n) is 4.62. The molecule has 5 nitrogen and oxygen atoms in total. The summed E-state index contributed by atoms with van der Waals surface area (Å²) in [5.74, 6) is -0.548. The maximum Gasteiger partial charge on any atom is 0.387 e. The van der Waals surface area contributed by atoms with E-state index in [2.05, 4.69) is 15.4 Å². The minimum absolute atomic E-state index is 0.0117. The molecule has 2 N–H and O–H groups in total. The lowest BCUT2D eigenvalue weighted by Crippen LogP contribution is -2.12. The zero-order valence-corrected chi connectivity index (χ0v) is 12.2. The molecule has 2 amide bonds. The Labute approximate surface area is 131 Å². The smallest absolute Gasteiger partial charge is 0.387 e. The van der Waals surface area contributed by atoms with Gasteiger partial charge in [-0.15, -0.1) is 0 Å². The molecular formula is C16H14F2N2O3. The first kappa shape index (κ1) is 16.4. The topological polar surface area (TPSA) is 67.4 Å². The summed E-state index contributed by atoms with van der Waals surface area (Å²) in [6, 6.07) is 11.9. The first-order valence-corrected chi connectivity index (χ1v) is 6.68. The number of anilines is 2. The number of alkyl halides is 2. The van der Waals surface area contributed by atoms with Gasteiger partial charge >= 0.3 is 6.61 Å². The summed E-state index contributed by atoms with van der Waals surface area (Å²) < 4.78 is 28.3. The molecule has 0 spiro atoms. The average molecular weight is 320 g/mol. The zero-order chi connectivity index (χ0) is 16.8. The van der Waals surface area contributed by atoms with E-state index in [0.29, 0.717) is 16.9 Å². The highest BCUT2D eigenvalue weighted by molar-refractivity contribution is 6.04. The summed E-state index contributed by atoms with van der Waals surface area (Å²) in [7, 11) is 0. The van der Waals surface area contributed by atoms with Gasteiger partial charge in [-0.1, -0.05) is 0 Å². The normalized spacial score (nSPS) is 10.3. The van der Waals surface area contributed by atoms with Crippen molar-refractivity contribution in [3.8, 4) is 5.75 Å². The van der Waals surface area contributed by atoms with E-state index in [9.17, 15) is 18.4 Å². The fraction of sp³-hybridized carbons (Fsp3) is 0.125. The second-order valence-corrected chi connectivity index (χ2v) is 4.62. The first-order valence-electron chi connectivity index (χ1n) is 6.68. The van der Waals surface area contributed by atoms with Crippen LogP contribution in [0, 0.1) is 0 Å². The van der Waals surface area contributed by atoms with Crippen LogP contribution < -0.4 is 15.4 Å². The lowest BCUT2D eigenvalue weighted by Gasteiger charge is -2.08. The molecule has 0 saturated heterocycles. The summed E-state index contributed by atoms with van der Waals surface area (Å²) in [6.45, 7) is -1.50. The molecule has 7 heteroatoms. The number of halogens is 2. The summed E-state index contributed by atoms with van der Waals surface area (Å²) in [5, 5.41) is 5.23. The Morgan fingerprint density at radius 1 is 0.913 bits per heavy atom. The molecule has 0 saturated carbocycles. The molecule has 0 aliphatic carbocycles. The third-order valence-corrected chi connectivity index (χ3v) is 2.80. The molecule has 2 aromatic rings. The van der Waals surface area contributed by atoms with Gasteiger partial charge in [-0.3, -0.25) is 9.59 Å². The number of benzene rings is 2. The summed E-state index contributed by atoms with van der Waals surface area (Å²) in [4.78, 5) is 23.0. The lowest BCUT2D eigenvalue weighted by molar-refractivity contribution is -0.114. The SMILES string of the molecule is CC(=O)Nc1ccc(C(=O)Nc2ccc(OC(F)F)cc2)cc1. The van der Waals surface area contributed by atoms with Gasteiger partial charge in [0.2, 0.25) is 5.91 Å². The fourth-order valence-electron chi connectivity index (χ4n) is 1.83. The standard InChI is InChI=1S/C16H14F2N2O3/c1-10(21)19-12-4-2-11(3-5-12)15(22)20-13-6-8-14(9-7-13)23-16(17)18/h2-9,16H,1H3,(H,19,21)(H,20,22). The third kappa shape index (κ3) is 5.06. The molecule has 23 heavy (non-hydrogen) atoms. The molecule has 0 aromatic heterocycles. The second kappa shape index (κ2) is 7.35. The largest absolute Gasteiger partial charge is 0.435 e. The van der Waals surface area contributed by atoms with Gasteiger partial charge in [0.25, 0.3) is 5.91 Å². The van der Waals surface area contributed by atoms with Crippen molar-refractivity contribution in [2.75, 3.05) is 10.6 Å². The maximum absolute atomic E-state index is 12.1. The van der Waals surface area contributed by atoms with Crippen molar-refractivity contribution >= 4 is 23.2 Å². The van der Waals surface area contributed by atoms with E-state index in [0.717, 1.165) is 0 Å². The van der Waals surface area contributed by atoms with E-state index >= 15 is 0 Å². The fourth-order valence-corrected chi connectivity index (χ4v) is 1.83. The van der Waals surface area contributed by atoms with E-state index < -0.39 is 6.61 Å². The predicted octanol–water partition coefficient (Wildman–Crippen LogP) is 3.50. The van der Waals surface area contributed by atoms with Gasteiger partial charge in [0, 0.05) is 23.9 Å². The van der Waals surface area contributed by atoms with Crippen LogP contribution in [0.4, 0.5) is 20.2 Å². The molecule has 2 rings (SSSR count). The molecule has 0 aliphatic heterocycles. The molecule has 120 valence electrons. The monoisotopic (exact) mass is 320 g/mol. The van der Waals surface area contributed by atoms with Crippen LogP contribution in [-0.4, -0.2) is 18.4 Å². The molecule has 0 bridgehead atoms. The Kier molecular flexibility index (Phi) is 5.24. The summed E-state index contributed by atoms with van der Waals surface area (Å²) in [6.07, 6.45) is 0. The van der Waals surface area contributed by atoms with E-state index in [1.54, 1.807) is 24.3 Å². The van der Waals surface area contributed by atoms with Crippen molar-refractivity contribution in [3.63, 3.8) is 0 Å². The Balaban J connectivity index is 1.99. The van der Waals surface area contributed by atoms with Crippen LogP contribution in [0.1, 0.15) is 17.3 Å². The van der Waals surface area contributed by atoms with E-state index in [-0.39, 0.29) is 17.6 Å². The van der Waals surface area contributed by atoms with Gasteiger partial charge < -0.3 is 15.4 Å². The zero-order valence-electron chi connectivity index (χ0n) is 12.2. The molecular weight excluding hydrogens is 306 g/mol. The average Bonchev–Trinajstić information content (AvgIpc) is 2.49. The van der Waals surface area contributed by atoms with Crippen molar-refractivity contribution in [3.05, 3.63) is 54.1 Å². The van der Waals surface area contributed by atoms with E-state index in [1.807, 2.05) is 0 Å². The molecule has 2 aromatic carbocycles. The van der Waals surface area contributed by atoms with Crippen LogP contribution in [0.3, 0.4) is 0 Å². The van der Waals surface area contributed by atoms with Crippen molar-refractivity contribution in [2.45, 2.75) is 13.5 Å². The molecule has 0 radical (unpaired) electrons. The van der Waals surface area contributed by atoms with Crippen molar-refractivity contribution in [1.29, 1.82) is 0 Å². The highest BCUT2D eigenvalue weighted by Gasteiger charge is 2.08. The Hall–Kier alpha value is -2.96. The van der Waals surface area contributed by atoms with E-state index in [4.69, 9.17) is 0 Å². The quantitative estimate of drug-likeness (QED) is 0.886. The van der Waals surface area contributed by atoms with Gasteiger partial charge in [0.05, 0.1) is 0 Å². The third-order valence-electron chi connectivity index (χ3n) is 2.80. The van der Waals surface area contributed by atoms with Crippen LogP contribution in [0.25, 0.3) is 0 Å². The molecule has 0 atom stereocenters. The molecule has 0 heterocycles.